The highest BCUT2D eigenvalue weighted by Gasteiger charge is 2.27. The summed E-state index contributed by atoms with van der Waals surface area (Å²) in [6.45, 7) is 0. The Morgan fingerprint density at radius 1 is 1.04 bits per heavy atom. The Labute approximate surface area is 129 Å². The normalized spacial score (nSPS) is 9.96. The number of nitrogens with zero attached hydrogens (tertiary/aromatic N) is 2. The molecular formula is C13H11N5O5. The number of nitrogens with two attached hydrogens (primary N) is 1. The Hall–Kier alpha value is -3.53. The summed E-state index contributed by atoms with van der Waals surface area (Å²) >= 11 is 0. The van der Waals surface area contributed by atoms with Gasteiger partial charge < -0.3 is 5.32 Å². The summed E-state index contributed by atoms with van der Waals surface area (Å²) in [5.74, 6) is 4.16. The van der Waals surface area contributed by atoms with Gasteiger partial charge >= 0.3 is 0 Å². The molecule has 0 saturated carbocycles. The number of anilines is 2. The average molecular weight is 317 g/mol. The minimum absolute atomic E-state index is 0.185. The van der Waals surface area contributed by atoms with E-state index in [2.05, 4.69) is 5.32 Å². The zero-order valence-corrected chi connectivity index (χ0v) is 11.6. The lowest BCUT2D eigenvalue weighted by atomic mass is 10.1. The lowest BCUT2D eigenvalue weighted by Crippen LogP contribution is -2.30. The number of hydrogen-bond donors (Lipinski definition) is 3. The van der Waals surface area contributed by atoms with Crippen LogP contribution in [0.3, 0.4) is 0 Å². The second-order valence-corrected chi connectivity index (χ2v) is 4.37. The van der Waals surface area contributed by atoms with Gasteiger partial charge in [0, 0.05) is 11.8 Å². The first-order chi connectivity index (χ1) is 10.9. The number of nitro groups is 2. The molecule has 0 aliphatic heterocycles. The molecule has 1 amide bonds. The van der Waals surface area contributed by atoms with Gasteiger partial charge in [-0.2, -0.15) is 0 Å². The summed E-state index contributed by atoms with van der Waals surface area (Å²) in [5, 5.41) is 24.9. The summed E-state index contributed by atoms with van der Waals surface area (Å²) in [6.07, 6.45) is 0. The number of nitro benzene ring substituents is 2. The van der Waals surface area contributed by atoms with E-state index in [0.29, 0.717) is 5.69 Å². The van der Waals surface area contributed by atoms with Gasteiger partial charge in [0.25, 0.3) is 17.3 Å². The van der Waals surface area contributed by atoms with Crippen LogP contribution in [0.25, 0.3) is 0 Å². The molecule has 10 heteroatoms. The van der Waals surface area contributed by atoms with Crippen LogP contribution in [-0.4, -0.2) is 15.8 Å². The van der Waals surface area contributed by atoms with Gasteiger partial charge in [0.1, 0.15) is 5.69 Å². The third-order valence-electron chi connectivity index (χ3n) is 2.93. The molecule has 0 fully saturated rings. The third-order valence-corrected chi connectivity index (χ3v) is 2.93. The number of amides is 1. The van der Waals surface area contributed by atoms with E-state index in [-0.39, 0.29) is 11.3 Å². The lowest BCUT2D eigenvalue weighted by Gasteiger charge is -2.11. The first-order valence-electron chi connectivity index (χ1n) is 6.24. The fourth-order valence-electron chi connectivity index (χ4n) is 1.92. The quantitative estimate of drug-likeness (QED) is 0.329. The monoisotopic (exact) mass is 317 g/mol. The summed E-state index contributed by atoms with van der Waals surface area (Å²) in [4.78, 5) is 32.4. The summed E-state index contributed by atoms with van der Waals surface area (Å²) in [7, 11) is 0. The van der Waals surface area contributed by atoms with Crippen LogP contribution in [0.4, 0.5) is 22.7 Å². The van der Waals surface area contributed by atoms with Gasteiger partial charge in [-0.05, 0) is 12.1 Å². The number of benzene rings is 2. The largest absolute Gasteiger partial charge is 0.349 e. The molecule has 2 aromatic rings. The predicted octanol–water partition coefficient (Wildman–Crippen LogP) is 1.85. The molecule has 0 spiro atoms. The number of para-hydroxylation sites is 1. The maximum Gasteiger partial charge on any atom is 0.300 e. The first-order valence-corrected chi connectivity index (χ1v) is 6.24. The molecule has 0 atom stereocenters. The van der Waals surface area contributed by atoms with Crippen molar-refractivity contribution in [1.82, 2.24) is 5.43 Å². The number of hydrogen-bond acceptors (Lipinski definition) is 7. The molecule has 4 N–H and O–H groups in total. The number of nitrogens with one attached hydrogen (secondary N) is 2. The van der Waals surface area contributed by atoms with Crippen LogP contribution in [0.2, 0.25) is 0 Å². The van der Waals surface area contributed by atoms with Crippen molar-refractivity contribution in [3.63, 3.8) is 0 Å². The summed E-state index contributed by atoms with van der Waals surface area (Å²) < 4.78 is 0. The number of carbonyl (C=O) groups excluding carboxylic acids is 1. The topological polar surface area (TPSA) is 153 Å². The minimum atomic E-state index is -0.893. The van der Waals surface area contributed by atoms with E-state index in [1.807, 2.05) is 5.43 Å². The van der Waals surface area contributed by atoms with Crippen LogP contribution >= 0.6 is 0 Å². The highest BCUT2D eigenvalue weighted by atomic mass is 16.6. The Balaban J connectivity index is 2.67. The standard InChI is InChI=1S/C13H11N5O5/c14-16-13(19)10-6-9(17(20)21)7-11(18(22)23)12(10)15-8-4-2-1-3-5-8/h1-7,15H,14H2,(H,16,19). The molecule has 0 bridgehead atoms. The zero-order chi connectivity index (χ0) is 17.0. The average Bonchev–Trinajstić information content (AvgIpc) is 2.54. The number of hydrazine groups is 1. The van der Waals surface area contributed by atoms with E-state index >= 15 is 0 Å². The second kappa shape index (κ2) is 6.49. The van der Waals surface area contributed by atoms with Crippen LogP contribution < -0.4 is 16.6 Å². The third kappa shape index (κ3) is 3.39. The maximum atomic E-state index is 11.9. The molecule has 0 saturated heterocycles. The van der Waals surface area contributed by atoms with Crippen LogP contribution in [-0.2, 0) is 0 Å². The van der Waals surface area contributed by atoms with Crippen LogP contribution in [0.15, 0.2) is 42.5 Å². The van der Waals surface area contributed by atoms with Gasteiger partial charge in [0.15, 0.2) is 0 Å². The van der Waals surface area contributed by atoms with Crippen molar-refractivity contribution in [1.29, 1.82) is 0 Å². The Kier molecular flexibility index (Phi) is 4.47. The van der Waals surface area contributed by atoms with Crippen LogP contribution in [0.5, 0.6) is 0 Å². The number of carbonyl (C=O) groups is 1. The second-order valence-electron chi connectivity index (χ2n) is 4.37. The molecule has 0 heterocycles. The van der Waals surface area contributed by atoms with Crippen molar-refractivity contribution in [2.24, 2.45) is 5.84 Å². The molecule has 2 rings (SSSR count). The van der Waals surface area contributed by atoms with Gasteiger partial charge in [-0.25, -0.2) is 5.84 Å². The van der Waals surface area contributed by atoms with Gasteiger partial charge in [0.2, 0.25) is 0 Å². The zero-order valence-electron chi connectivity index (χ0n) is 11.6. The molecule has 2 aromatic carbocycles. The van der Waals surface area contributed by atoms with Gasteiger partial charge in [0.05, 0.1) is 21.5 Å². The Morgan fingerprint density at radius 3 is 2.22 bits per heavy atom. The van der Waals surface area contributed by atoms with Crippen molar-refractivity contribution in [3.8, 4) is 0 Å². The van der Waals surface area contributed by atoms with E-state index in [0.717, 1.165) is 12.1 Å². The number of non-ortho nitro benzene ring substituents is 1. The summed E-state index contributed by atoms with van der Waals surface area (Å²) in [6, 6.07) is 10.0. The number of rotatable bonds is 5. The highest BCUT2D eigenvalue weighted by Crippen LogP contribution is 2.35. The predicted molar refractivity (Wildman–Crippen MR) is 81.1 cm³/mol. The van der Waals surface area contributed by atoms with Crippen molar-refractivity contribution in [2.75, 3.05) is 5.32 Å². The van der Waals surface area contributed by atoms with E-state index in [1.54, 1.807) is 30.3 Å². The van der Waals surface area contributed by atoms with Gasteiger partial charge in [-0.15, -0.1) is 0 Å². The fourth-order valence-corrected chi connectivity index (χ4v) is 1.92. The fraction of sp³-hybridized carbons (Fsp3) is 0. The van der Waals surface area contributed by atoms with Gasteiger partial charge in [-0.3, -0.25) is 30.4 Å². The van der Waals surface area contributed by atoms with Crippen molar-refractivity contribution in [3.05, 3.63) is 68.3 Å². The lowest BCUT2D eigenvalue weighted by molar-refractivity contribution is -0.393. The van der Waals surface area contributed by atoms with E-state index < -0.39 is 27.1 Å². The highest BCUT2D eigenvalue weighted by molar-refractivity contribution is 6.03. The first kappa shape index (κ1) is 15.9. The molecular weight excluding hydrogens is 306 g/mol. The van der Waals surface area contributed by atoms with E-state index in [1.165, 1.54) is 0 Å². The molecule has 0 aromatic heterocycles. The number of nitrogen functional groups attached to an aromatic ring is 1. The molecule has 10 nitrogen and oxygen atoms in total. The smallest absolute Gasteiger partial charge is 0.300 e. The molecule has 118 valence electrons. The molecule has 23 heavy (non-hydrogen) atoms. The molecule has 0 radical (unpaired) electrons. The Bertz CT molecular complexity index is 778. The van der Waals surface area contributed by atoms with Crippen LogP contribution in [0.1, 0.15) is 10.4 Å². The van der Waals surface area contributed by atoms with Crippen molar-refractivity contribution < 1.29 is 14.6 Å². The minimum Gasteiger partial charge on any atom is -0.349 e. The van der Waals surface area contributed by atoms with Crippen molar-refractivity contribution in [2.45, 2.75) is 0 Å². The summed E-state index contributed by atoms with van der Waals surface area (Å²) in [5.41, 5.74) is 0.592. The molecule has 0 aliphatic rings. The van der Waals surface area contributed by atoms with E-state index in [9.17, 15) is 25.0 Å². The molecule has 0 aliphatic carbocycles. The van der Waals surface area contributed by atoms with Crippen LogP contribution in [0, 0.1) is 20.2 Å². The SMILES string of the molecule is NNC(=O)c1cc([N+](=O)[O-])cc([N+](=O)[O-])c1Nc1ccccc1. The van der Waals surface area contributed by atoms with Crippen molar-refractivity contribution >= 4 is 28.7 Å². The van der Waals surface area contributed by atoms with E-state index in [4.69, 9.17) is 5.84 Å². The Morgan fingerprint density at radius 2 is 1.70 bits per heavy atom. The van der Waals surface area contributed by atoms with Gasteiger partial charge in [-0.1, -0.05) is 18.2 Å². The maximum absolute atomic E-state index is 11.9. The molecule has 0 unspecified atom stereocenters.